The average Bonchev–Trinajstić information content (AvgIpc) is 2.47. The number of halogens is 1. The Kier molecular flexibility index (Phi) is 5.43. The van der Waals surface area contributed by atoms with Crippen LogP contribution in [0.2, 0.25) is 0 Å². The molecule has 2 atom stereocenters. The molecule has 0 radical (unpaired) electrons. The Morgan fingerprint density at radius 2 is 1.90 bits per heavy atom. The van der Waals surface area contributed by atoms with Crippen molar-refractivity contribution < 1.29 is 4.74 Å². The van der Waals surface area contributed by atoms with Crippen molar-refractivity contribution in [1.29, 1.82) is 0 Å². The predicted molar refractivity (Wildman–Crippen MR) is 91.7 cm³/mol. The summed E-state index contributed by atoms with van der Waals surface area (Å²) in [6, 6.07) is 14.4. The minimum atomic E-state index is -0.145. The Labute approximate surface area is 135 Å². The summed E-state index contributed by atoms with van der Waals surface area (Å²) in [6.07, 6.45) is 0.718. The Hall–Kier alpha value is -1.32. The number of rotatable bonds is 5. The van der Waals surface area contributed by atoms with E-state index in [1.807, 2.05) is 12.1 Å². The van der Waals surface area contributed by atoms with Gasteiger partial charge in [0.25, 0.3) is 0 Å². The van der Waals surface area contributed by atoms with E-state index in [9.17, 15) is 0 Å². The maximum atomic E-state index is 6.29. The van der Waals surface area contributed by atoms with E-state index in [2.05, 4.69) is 67.0 Å². The minimum Gasteiger partial charge on any atom is -0.484 e. The van der Waals surface area contributed by atoms with Crippen LogP contribution in [0.1, 0.15) is 36.1 Å². The van der Waals surface area contributed by atoms with E-state index in [-0.39, 0.29) is 12.1 Å². The molecule has 0 aliphatic carbocycles. The van der Waals surface area contributed by atoms with Crippen LogP contribution < -0.4 is 10.5 Å². The number of hydrogen-bond donors (Lipinski definition) is 1. The first kappa shape index (κ1) is 16.1. The molecule has 21 heavy (non-hydrogen) atoms. The molecule has 0 aliphatic heterocycles. The summed E-state index contributed by atoms with van der Waals surface area (Å²) in [6.45, 7) is 6.21. The van der Waals surface area contributed by atoms with Crippen molar-refractivity contribution in [2.24, 2.45) is 5.73 Å². The van der Waals surface area contributed by atoms with E-state index < -0.39 is 0 Å². The average molecular weight is 348 g/mol. The van der Waals surface area contributed by atoms with Crippen molar-refractivity contribution in [3.8, 4) is 5.75 Å². The second-order valence-corrected chi connectivity index (χ2v) is 6.35. The smallest absolute Gasteiger partial charge is 0.139 e. The minimum absolute atomic E-state index is 0.0424. The highest BCUT2D eigenvalue weighted by molar-refractivity contribution is 9.10. The molecule has 2 aromatic carbocycles. The lowest BCUT2D eigenvalue weighted by atomic mass is 10.0. The molecule has 0 aromatic heterocycles. The number of aryl methyl sites for hydroxylation is 2. The SMILES string of the molecule is CCC(N)C(Oc1cc(C)ccc1C)c1cccc(Br)c1. The Morgan fingerprint density at radius 3 is 2.57 bits per heavy atom. The largest absolute Gasteiger partial charge is 0.484 e. The summed E-state index contributed by atoms with van der Waals surface area (Å²) in [7, 11) is 0. The van der Waals surface area contributed by atoms with Gasteiger partial charge >= 0.3 is 0 Å². The van der Waals surface area contributed by atoms with E-state index in [4.69, 9.17) is 10.5 Å². The van der Waals surface area contributed by atoms with E-state index in [1.165, 1.54) is 5.56 Å². The first-order valence-corrected chi connectivity index (χ1v) is 8.05. The topological polar surface area (TPSA) is 35.2 Å². The third kappa shape index (κ3) is 4.08. The molecule has 2 unspecified atom stereocenters. The highest BCUT2D eigenvalue weighted by atomic mass is 79.9. The van der Waals surface area contributed by atoms with Gasteiger partial charge in [-0.3, -0.25) is 0 Å². The van der Waals surface area contributed by atoms with Crippen LogP contribution in [0, 0.1) is 13.8 Å². The van der Waals surface area contributed by atoms with Crippen molar-refractivity contribution in [2.75, 3.05) is 0 Å². The molecule has 2 N–H and O–H groups in total. The zero-order valence-corrected chi connectivity index (χ0v) is 14.4. The molecule has 0 aliphatic rings. The van der Waals surface area contributed by atoms with Crippen molar-refractivity contribution in [3.63, 3.8) is 0 Å². The fraction of sp³-hybridized carbons (Fsp3) is 0.333. The monoisotopic (exact) mass is 347 g/mol. The quantitative estimate of drug-likeness (QED) is 0.832. The molecule has 0 saturated heterocycles. The van der Waals surface area contributed by atoms with Crippen LogP contribution in [0.4, 0.5) is 0 Å². The summed E-state index contributed by atoms with van der Waals surface area (Å²) in [4.78, 5) is 0. The van der Waals surface area contributed by atoms with Crippen molar-refractivity contribution in [3.05, 3.63) is 63.6 Å². The zero-order chi connectivity index (χ0) is 15.4. The Balaban J connectivity index is 2.35. The molecule has 0 amide bonds. The fourth-order valence-electron chi connectivity index (χ4n) is 2.27. The van der Waals surface area contributed by atoms with Gasteiger partial charge < -0.3 is 10.5 Å². The molecule has 3 heteroatoms. The summed E-state index contributed by atoms with van der Waals surface area (Å²) in [5.41, 5.74) is 9.71. The molecule has 2 aromatic rings. The van der Waals surface area contributed by atoms with Crippen LogP contribution in [0.5, 0.6) is 5.75 Å². The molecular weight excluding hydrogens is 326 g/mol. The highest BCUT2D eigenvalue weighted by Gasteiger charge is 2.21. The number of ether oxygens (including phenoxy) is 1. The third-order valence-corrected chi connectivity index (χ3v) is 4.13. The normalized spacial score (nSPS) is 13.8. The van der Waals surface area contributed by atoms with Gasteiger partial charge in [0.15, 0.2) is 0 Å². The summed E-state index contributed by atoms with van der Waals surface area (Å²) >= 11 is 3.52. The molecule has 112 valence electrons. The van der Waals surface area contributed by atoms with Crippen LogP contribution >= 0.6 is 15.9 Å². The molecule has 2 rings (SSSR count). The summed E-state index contributed by atoms with van der Waals surface area (Å²) in [5, 5.41) is 0. The molecule has 0 fully saturated rings. The van der Waals surface area contributed by atoms with Gasteiger partial charge in [-0.1, -0.05) is 47.1 Å². The highest BCUT2D eigenvalue weighted by Crippen LogP contribution is 2.29. The van der Waals surface area contributed by atoms with Gasteiger partial charge in [0, 0.05) is 10.5 Å². The molecule has 0 saturated carbocycles. The first-order chi connectivity index (χ1) is 10.0. The Bertz CT molecular complexity index is 612. The van der Waals surface area contributed by atoms with Crippen molar-refractivity contribution >= 4 is 15.9 Å². The van der Waals surface area contributed by atoms with Gasteiger partial charge in [-0.15, -0.1) is 0 Å². The van der Waals surface area contributed by atoms with Gasteiger partial charge in [0.1, 0.15) is 11.9 Å². The van der Waals surface area contributed by atoms with E-state index in [0.29, 0.717) is 0 Å². The maximum absolute atomic E-state index is 6.29. The predicted octanol–water partition coefficient (Wildman–Crippen LogP) is 4.92. The first-order valence-electron chi connectivity index (χ1n) is 7.26. The zero-order valence-electron chi connectivity index (χ0n) is 12.8. The molecular formula is C18H22BrNO. The van der Waals surface area contributed by atoms with E-state index in [0.717, 1.165) is 27.8 Å². The van der Waals surface area contributed by atoms with Crippen LogP contribution in [-0.2, 0) is 0 Å². The van der Waals surface area contributed by atoms with Gasteiger partial charge in [0.05, 0.1) is 0 Å². The Morgan fingerprint density at radius 1 is 1.14 bits per heavy atom. The van der Waals surface area contributed by atoms with Crippen LogP contribution in [0.25, 0.3) is 0 Å². The number of hydrogen-bond acceptors (Lipinski definition) is 2. The molecule has 0 heterocycles. The van der Waals surface area contributed by atoms with E-state index >= 15 is 0 Å². The lowest BCUT2D eigenvalue weighted by molar-refractivity contribution is 0.170. The van der Waals surface area contributed by atoms with Crippen molar-refractivity contribution in [2.45, 2.75) is 39.3 Å². The second kappa shape index (κ2) is 7.10. The van der Waals surface area contributed by atoms with Crippen LogP contribution in [0.3, 0.4) is 0 Å². The fourth-order valence-corrected chi connectivity index (χ4v) is 2.69. The van der Waals surface area contributed by atoms with Gasteiger partial charge in [-0.05, 0) is 55.2 Å². The maximum Gasteiger partial charge on any atom is 0.139 e. The van der Waals surface area contributed by atoms with Gasteiger partial charge in [-0.2, -0.15) is 0 Å². The summed E-state index contributed by atoms with van der Waals surface area (Å²) < 4.78 is 7.31. The van der Waals surface area contributed by atoms with Gasteiger partial charge in [0.2, 0.25) is 0 Å². The second-order valence-electron chi connectivity index (χ2n) is 5.43. The standard InChI is InChI=1S/C18H22BrNO/c1-4-16(20)18(14-6-5-7-15(19)11-14)21-17-10-12(2)8-9-13(17)3/h5-11,16,18H,4,20H2,1-3H3. The molecule has 2 nitrogen and oxygen atoms in total. The van der Waals surface area contributed by atoms with Crippen molar-refractivity contribution in [1.82, 2.24) is 0 Å². The molecule has 0 bridgehead atoms. The van der Waals surface area contributed by atoms with E-state index in [1.54, 1.807) is 0 Å². The number of benzene rings is 2. The van der Waals surface area contributed by atoms with Gasteiger partial charge in [-0.25, -0.2) is 0 Å². The lowest BCUT2D eigenvalue weighted by Crippen LogP contribution is -2.31. The van der Waals surface area contributed by atoms with Crippen LogP contribution in [0.15, 0.2) is 46.9 Å². The molecule has 0 spiro atoms. The number of nitrogens with two attached hydrogens (primary N) is 1. The lowest BCUT2D eigenvalue weighted by Gasteiger charge is -2.26. The van der Waals surface area contributed by atoms with Crippen LogP contribution in [-0.4, -0.2) is 6.04 Å². The summed E-state index contributed by atoms with van der Waals surface area (Å²) in [5.74, 6) is 0.906. The third-order valence-electron chi connectivity index (χ3n) is 3.64.